The maximum Gasteiger partial charge on any atom is 0.244 e. The van der Waals surface area contributed by atoms with Gasteiger partial charge >= 0.3 is 0 Å². The molecule has 0 atom stereocenters. The zero-order valence-corrected chi connectivity index (χ0v) is 14.9. The summed E-state index contributed by atoms with van der Waals surface area (Å²) >= 11 is 0. The fourth-order valence-corrected chi connectivity index (χ4v) is 3.03. The summed E-state index contributed by atoms with van der Waals surface area (Å²) in [5, 5.41) is 4.90. The average molecular weight is 354 g/mol. The number of nitrogens with zero attached hydrogens (tertiary/aromatic N) is 3. The van der Waals surface area contributed by atoms with Gasteiger partial charge in [0.05, 0.1) is 17.6 Å². The van der Waals surface area contributed by atoms with E-state index >= 15 is 0 Å². The van der Waals surface area contributed by atoms with Gasteiger partial charge in [-0.25, -0.2) is 9.97 Å². The highest BCUT2D eigenvalue weighted by Crippen LogP contribution is 2.17. The van der Waals surface area contributed by atoms with E-state index in [0.29, 0.717) is 5.82 Å². The van der Waals surface area contributed by atoms with E-state index in [2.05, 4.69) is 20.3 Å². The molecule has 0 saturated heterocycles. The Bertz CT molecular complexity index is 1160. The van der Waals surface area contributed by atoms with Crippen LogP contribution in [-0.2, 0) is 11.3 Å². The van der Waals surface area contributed by atoms with E-state index in [9.17, 15) is 4.79 Å². The first-order valence-corrected chi connectivity index (χ1v) is 8.72. The van der Waals surface area contributed by atoms with Crippen LogP contribution in [0, 0.1) is 6.92 Å². The summed E-state index contributed by atoms with van der Waals surface area (Å²) in [7, 11) is 0. The third-order valence-electron chi connectivity index (χ3n) is 4.34. The van der Waals surface area contributed by atoms with Crippen molar-refractivity contribution in [3.63, 3.8) is 0 Å². The number of carbonyl (C=O) groups is 1. The van der Waals surface area contributed by atoms with Crippen LogP contribution in [0.5, 0.6) is 0 Å². The zero-order valence-electron chi connectivity index (χ0n) is 14.9. The number of fused-ring (bicyclic) bond motifs is 2. The normalized spacial score (nSPS) is 11.3. The molecule has 2 aromatic carbocycles. The number of benzene rings is 2. The lowest BCUT2D eigenvalue weighted by Crippen LogP contribution is -2.21. The van der Waals surface area contributed by atoms with E-state index in [0.717, 1.165) is 33.1 Å². The minimum atomic E-state index is -0.197. The molecule has 0 fully saturated rings. The van der Waals surface area contributed by atoms with Gasteiger partial charge in [0.25, 0.3) is 0 Å². The van der Waals surface area contributed by atoms with Gasteiger partial charge in [-0.3, -0.25) is 9.78 Å². The monoisotopic (exact) mass is 354 g/mol. The SMILES string of the molecule is Cc1nc(CNC(=O)C=Cc2cccc3cccnc23)nc2ccccc12. The first kappa shape index (κ1) is 16.8. The van der Waals surface area contributed by atoms with Crippen molar-refractivity contribution >= 4 is 33.8 Å². The molecule has 2 heterocycles. The zero-order chi connectivity index (χ0) is 18.6. The second kappa shape index (κ2) is 7.33. The number of hydrogen-bond acceptors (Lipinski definition) is 4. The standard InChI is InChI=1S/C22H18N4O/c1-15-18-9-2-3-10-19(18)26-20(25-15)14-24-21(27)12-11-17-7-4-6-16-8-5-13-23-22(16)17/h2-13H,14H2,1H3,(H,24,27). The van der Waals surface area contributed by atoms with E-state index in [1.807, 2.05) is 61.5 Å². The van der Waals surface area contributed by atoms with Crippen molar-refractivity contribution in [2.45, 2.75) is 13.5 Å². The number of rotatable bonds is 4. The molecular formula is C22H18N4O. The third kappa shape index (κ3) is 3.67. The lowest BCUT2D eigenvalue weighted by molar-refractivity contribution is -0.116. The van der Waals surface area contributed by atoms with Crippen molar-refractivity contribution in [1.82, 2.24) is 20.3 Å². The van der Waals surface area contributed by atoms with Gasteiger partial charge in [0, 0.05) is 34.3 Å². The molecule has 0 spiro atoms. The van der Waals surface area contributed by atoms with E-state index in [1.54, 1.807) is 12.3 Å². The molecule has 0 unspecified atom stereocenters. The highest BCUT2D eigenvalue weighted by Gasteiger charge is 2.05. The number of pyridine rings is 1. The van der Waals surface area contributed by atoms with Crippen LogP contribution in [0.1, 0.15) is 17.1 Å². The molecule has 4 rings (SSSR count). The summed E-state index contributed by atoms with van der Waals surface area (Å²) in [6.07, 6.45) is 5.04. The van der Waals surface area contributed by atoms with Gasteiger partial charge in [0.15, 0.2) is 0 Å². The number of aryl methyl sites for hydroxylation is 1. The maximum absolute atomic E-state index is 12.2. The maximum atomic E-state index is 12.2. The summed E-state index contributed by atoms with van der Waals surface area (Å²) in [5.74, 6) is 0.400. The molecule has 1 amide bonds. The Morgan fingerprint density at radius 1 is 1.04 bits per heavy atom. The molecule has 0 radical (unpaired) electrons. The Labute approximate surface area is 156 Å². The van der Waals surface area contributed by atoms with Gasteiger partial charge < -0.3 is 5.32 Å². The van der Waals surface area contributed by atoms with Crippen LogP contribution >= 0.6 is 0 Å². The summed E-state index contributed by atoms with van der Waals surface area (Å²) in [5.41, 5.74) is 3.56. The fourth-order valence-electron chi connectivity index (χ4n) is 3.03. The van der Waals surface area contributed by atoms with E-state index in [4.69, 9.17) is 0 Å². The van der Waals surface area contributed by atoms with Gasteiger partial charge in [-0.05, 0) is 25.1 Å². The predicted octanol–water partition coefficient (Wildman–Crippen LogP) is 3.82. The molecule has 5 heteroatoms. The van der Waals surface area contributed by atoms with Gasteiger partial charge in [0.2, 0.25) is 5.91 Å². The van der Waals surface area contributed by atoms with Crippen LogP contribution in [0.15, 0.2) is 66.9 Å². The molecule has 0 aliphatic carbocycles. The lowest BCUT2D eigenvalue weighted by atomic mass is 10.1. The van der Waals surface area contributed by atoms with Crippen LogP contribution in [-0.4, -0.2) is 20.9 Å². The molecule has 27 heavy (non-hydrogen) atoms. The summed E-state index contributed by atoms with van der Waals surface area (Å²) in [6.45, 7) is 2.23. The third-order valence-corrected chi connectivity index (χ3v) is 4.34. The molecule has 5 nitrogen and oxygen atoms in total. The molecule has 0 aliphatic rings. The highest BCUT2D eigenvalue weighted by molar-refractivity contribution is 5.95. The predicted molar refractivity (Wildman–Crippen MR) is 107 cm³/mol. The van der Waals surface area contributed by atoms with Gasteiger partial charge in [-0.1, -0.05) is 42.5 Å². The number of aromatic nitrogens is 3. The van der Waals surface area contributed by atoms with Crippen molar-refractivity contribution in [3.05, 3.63) is 84.0 Å². The minimum absolute atomic E-state index is 0.197. The Morgan fingerprint density at radius 2 is 1.89 bits per heavy atom. The Morgan fingerprint density at radius 3 is 2.81 bits per heavy atom. The molecule has 1 N–H and O–H groups in total. The van der Waals surface area contributed by atoms with Crippen LogP contribution in [0.3, 0.4) is 0 Å². The van der Waals surface area contributed by atoms with Crippen molar-refractivity contribution in [3.8, 4) is 0 Å². The summed E-state index contributed by atoms with van der Waals surface area (Å²) < 4.78 is 0. The van der Waals surface area contributed by atoms with Crippen LogP contribution in [0.4, 0.5) is 0 Å². The minimum Gasteiger partial charge on any atom is -0.345 e. The second-order valence-electron chi connectivity index (χ2n) is 6.22. The summed E-state index contributed by atoms with van der Waals surface area (Å²) in [6, 6.07) is 17.6. The molecule has 4 aromatic rings. The molecule has 0 saturated carbocycles. The quantitative estimate of drug-likeness (QED) is 0.566. The van der Waals surface area contributed by atoms with Crippen LogP contribution in [0.25, 0.3) is 27.9 Å². The highest BCUT2D eigenvalue weighted by atomic mass is 16.1. The second-order valence-corrected chi connectivity index (χ2v) is 6.22. The summed E-state index contributed by atoms with van der Waals surface area (Å²) in [4.78, 5) is 25.6. The number of hydrogen-bond donors (Lipinski definition) is 1. The van der Waals surface area contributed by atoms with Gasteiger partial charge in [-0.15, -0.1) is 0 Å². The van der Waals surface area contributed by atoms with E-state index in [1.165, 1.54) is 6.08 Å². The number of para-hydroxylation sites is 2. The van der Waals surface area contributed by atoms with Crippen LogP contribution < -0.4 is 5.32 Å². The van der Waals surface area contributed by atoms with E-state index in [-0.39, 0.29) is 12.5 Å². The molecule has 132 valence electrons. The fraction of sp³-hybridized carbons (Fsp3) is 0.0909. The van der Waals surface area contributed by atoms with Gasteiger partial charge in [-0.2, -0.15) is 0 Å². The smallest absolute Gasteiger partial charge is 0.244 e. The van der Waals surface area contributed by atoms with Crippen molar-refractivity contribution in [2.75, 3.05) is 0 Å². The van der Waals surface area contributed by atoms with Crippen molar-refractivity contribution < 1.29 is 4.79 Å². The lowest BCUT2D eigenvalue weighted by Gasteiger charge is -2.06. The van der Waals surface area contributed by atoms with Crippen molar-refractivity contribution in [2.24, 2.45) is 0 Å². The Balaban J connectivity index is 1.47. The van der Waals surface area contributed by atoms with Crippen molar-refractivity contribution in [1.29, 1.82) is 0 Å². The Kier molecular flexibility index (Phi) is 4.58. The topological polar surface area (TPSA) is 67.8 Å². The Hall–Kier alpha value is -3.60. The number of amides is 1. The molecular weight excluding hydrogens is 336 g/mol. The molecule has 2 aromatic heterocycles. The van der Waals surface area contributed by atoms with Crippen LogP contribution in [0.2, 0.25) is 0 Å². The average Bonchev–Trinajstić information content (AvgIpc) is 2.71. The molecule has 0 bridgehead atoms. The largest absolute Gasteiger partial charge is 0.345 e. The number of carbonyl (C=O) groups excluding carboxylic acids is 1. The number of nitrogens with one attached hydrogen (secondary N) is 1. The van der Waals surface area contributed by atoms with E-state index < -0.39 is 0 Å². The first-order valence-electron chi connectivity index (χ1n) is 8.72. The van der Waals surface area contributed by atoms with Gasteiger partial charge in [0.1, 0.15) is 5.82 Å². The first-order chi connectivity index (χ1) is 13.2. The molecule has 0 aliphatic heterocycles.